The number of hydrogen-bond donors (Lipinski definition) is 1. The number of sulfonamides is 1. The van der Waals surface area contributed by atoms with Crippen LogP contribution >= 0.6 is 11.6 Å². The van der Waals surface area contributed by atoms with Crippen LogP contribution in [0.2, 0.25) is 5.02 Å². The first kappa shape index (κ1) is 16.2. The number of rotatable bonds is 4. The van der Waals surface area contributed by atoms with E-state index in [4.69, 9.17) is 11.6 Å². The molecule has 1 aliphatic rings. The Morgan fingerprint density at radius 1 is 1.43 bits per heavy atom. The third-order valence-corrected chi connectivity index (χ3v) is 5.99. The third-order valence-electron chi connectivity index (χ3n) is 3.72. The largest absolute Gasteiger partial charge is 0.387 e. The molecule has 0 bridgehead atoms. The monoisotopic (exact) mass is 334 g/mol. The van der Waals surface area contributed by atoms with Gasteiger partial charge in [-0.25, -0.2) is 8.42 Å². The minimum absolute atomic E-state index is 0.0136. The van der Waals surface area contributed by atoms with E-state index < -0.39 is 20.5 Å². The van der Waals surface area contributed by atoms with Crippen LogP contribution in [0.1, 0.15) is 13.8 Å². The van der Waals surface area contributed by atoms with Gasteiger partial charge in [0, 0.05) is 25.2 Å². The van der Waals surface area contributed by atoms with Gasteiger partial charge in [0.15, 0.2) is 0 Å². The van der Waals surface area contributed by atoms with Gasteiger partial charge >= 0.3 is 0 Å². The highest BCUT2D eigenvalue weighted by Gasteiger charge is 2.49. The lowest BCUT2D eigenvalue weighted by Crippen LogP contribution is -2.65. The Labute approximate surface area is 127 Å². The summed E-state index contributed by atoms with van der Waals surface area (Å²) in [6, 6.07) is 3.21. The highest BCUT2D eigenvalue weighted by molar-refractivity contribution is 7.89. The van der Waals surface area contributed by atoms with Gasteiger partial charge < -0.3 is 5.11 Å². The molecule has 1 aliphatic heterocycles. The third kappa shape index (κ3) is 2.76. The van der Waals surface area contributed by atoms with Gasteiger partial charge in [-0.2, -0.15) is 4.31 Å². The topological polar surface area (TPSA) is 101 Å². The predicted molar refractivity (Wildman–Crippen MR) is 76.7 cm³/mol. The van der Waals surface area contributed by atoms with Gasteiger partial charge in [-0.1, -0.05) is 25.4 Å². The van der Waals surface area contributed by atoms with E-state index in [1.165, 1.54) is 0 Å². The van der Waals surface area contributed by atoms with Crippen molar-refractivity contribution < 1.29 is 18.4 Å². The van der Waals surface area contributed by atoms with Crippen molar-refractivity contribution in [3.8, 4) is 0 Å². The van der Waals surface area contributed by atoms with Crippen molar-refractivity contribution in [2.24, 2.45) is 5.92 Å². The number of β-amino-alcohol motifs (C(OH)–C–C–N with tert-alkyl or cyclic N) is 1. The summed E-state index contributed by atoms with van der Waals surface area (Å²) < 4.78 is 25.9. The predicted octanol–water partition coefficient (Wildman–Crippen LogP) is 1.64. The number of nitro benzene ring substituents is 1. The molecule has 1 saturated heterocycles. The summed E-state index contributed by atoms with van der Waals surface area (Å²) >= 11 is 5.84. The first-order chi connectivity index (χ1) is 9.58. The van der Waals surface area contributed by atoms with Crippen molar-refractivity contribution >= 4 is 27.3 Å². The van der Waals surface area contributed by atoms with Crippen molar-refractivity contribution in [1.82, 2.24) is 4.31 Å². The summed E-state index contributed by atoms with van der Waals surface area (Å²) in [5, 5.41) is 20.6. The lowest BCUT2D eigenvalue weighted by atomic mass is 9.85. The molecular formula is C12H15ClN2O5S. The number of aliphatic hydroxyl groups is 1. The second kappa shape index (κ2) is 5.20. The van der Waals surface area contributed by atoms with Gasteiger partial charge in [-0.15, -0.1) is 0 Å². The molecule has 1 aromatic carbocycles. The number of non-ortho nitro benzene ring substituents is 1. The fraction of sp³-hybridized carbons (Fsp3) is 0.500. The number of benzene rings is 1. The van der Waals surface area contributed by atoms with Crippen LogP contribution in [0, 0.1) is 16.0 Å². The Morgan fingerprint density at radius 3 is 2.43 bits per heavy atom. The molecule has 1 N–H and O–H groups in total. The van der Waals surface area contributed by atoms with Crippen molar-refractivity contribution in [1.29, 1.82) is 0 Å². The molecule has 1 aromatic rings. The standard InChI is InChI=1S/C12H15ClN2O5S/c1-8(2)12(16)6-14(7-12)21(19,20)11-4-3-9(15(17)18)5-10(11)13/h3-5,8,16H,6-7H2,1-2H3. The van der Waals surface area contributed by atoms with E-state index in [-0.39, 0.29) is 34.6 Å². The van der Waals surface area contributed by atoms with Crippen LogP contribution in [0.3, 0.4) is 0 Å². The average Bonchev–Trinajstić information content (AvgIpc) is 2.33. The maximum atomic E-state index is 12.4. The highest BCUT2D eigenvalue weighted by Crippen LogP contribution is 2.36. The van der Waals surface area contributed by atoms with Crippen LogP contribution < -0.4 is 0 Å². The summed E-state index contributed by atoms with van der Waals surface area (Å²) in [4.78, 5) is 9.79. The molecule has 1 fully saturated rings. The first-order valence-electron chi connectivity index (χ1n) is 6.24. The Balaban J connectivity index is 2.28. The van der Waals surface area contributed by atoms with Crippen LogP contribution in [-0.4, -0.2) is 41.4 Å². The normalized spacial score (nSPS) is 18.5. The van der Waals surface area contributed by atoms with Crippen LogP contribution in [0.15, 0.2) is 23.1 Å². The highest BCUT2D eigenvalue weighted by atomic mass is 35.5. The van der Waals surface area contributed by atoms with Gasteiger partial charge in [0.1, 0.15) is 4.90 Å². The second-order valence-electron chi connectivity index (χ2n) is 5.40. The van der Waals surface area contributed by atoms with E-state index in [2.05, 4.69) is 0 Å². The Bertz CT molecular complexity index is 683. The lowest BCUT2D eigenvalue weighted by Gasteiger charge is -2.47. The fourth-order valence-electron chi connectivity index (χ4n) is 2.05. The molecule has 0 unspecified atom stereocenters. The summed E-state index contributed by atoms with van der Waals surface area (Å²) in [5.74, 6) is -0.0729. The zero-order chi connectivity index (χ0) is 16.0. The summed E-state index contributed by atoms with van der Waals surface area (Å²) in [7, 11) is -3.86. The molecule has 0 spiro atoms. The smallest absolute Gasteiger partial charge is 0.271 e. The SMILES string of the molecule is CC(C)C1(O)CN(S(=O)(=O)c2ccc([N+](=O)[O-])cc2Cl)C1. The Morgan fingerprint density at radius 2 is 2.00 bits per heavy atom. The van der Waals surface area contributed by atoms with E-state index in [1.54, 1.807) is 0 Å². The van der Waals surface area contributed by atoms with E-state index in [1.807, 2.05) is 13.8 Å². The van der Waals surface area contributed by atoms with Gasteiger partial charge in [0.05, 0.1) is 15.5 Å². The van der Waals surface area contributed by atoms with Gasteiger partial charge in [0.25, 0.3) is 5.69 Å². The number of nitro groups is 1. The van der Waals surface area contributed by atoms with Crippen molar-refractivity contribution in [2.45, 2.75) is 24.3 Å². The van der Waals surface area contributed by atoms with Gasteiger partial charge in [-0.05, 0) is 12.0 Å². The van der Waals surface area contributed by atoms with Crippen molar-refractivity contribution in [3.05, 3.63) is 33.3 Å². The summed E-state index contributed by atoms with van der Waals surface area (Å²) in [6.07, 6.45) is 0. The fourth-order valence-corrected chi connectivity index (χ4v) is 4.13. The van der Waals surface area contributed by atoms with E-state index in [9.17, 15) is 23.6 Å². The van der Waals surface area contributed by atoms with Crippen LogP contribution in [0.25, 0.3) is 0 Å². The van der Waals surface area contributed by atoms with E-state index in [0.29, 0.717) is 0 Å². The molecule has 0 amide bonds. The molecule has 1 heterocycles. The molecule has 2 rings (SSSR count). The Kier molecular flexibility index (Phi) is 4.00. The average molecular weight is 335 g/mol. The molecule has 0 atom stereocenters. The Hall–Kier alpha value is -1.22. The second-order valence-corrected chi connectivity index (χ2v) is 7.72. The maximum Gasteiger partial charge on any atom is 0.271 e. The zero-order valence-corrected chi connectivity index (χ0v) is 13.1. The molecule has 0 aliphatic carbocycles. The summed E-state index contributed by atoms with van der Waals surface area (Å²) in [5.41, 5.74) is -1.32. The maximum absolute atomic E-state index is 12.4. The molecule has 0 aromatic heterocycles. The first-order valence-corrected chi connectivity index (χ1v) is 8.06. The van der Waals surface area contributed by atoms with Crippen molar-refractivity contribution in [2.75, 3.05) is 13.1 Å². The number of hydrogen-bond acceptors (Lipinski definition) is 5. The molecule has 0 radical (unpaired) electrons. The van der Waals surface area contributed by atoms with Crippen LogP contribution in [0.5, 0.6) is 0 Å². The zero-order valence-electron chi connectivity index (χ0n) is 11.5. The van der Waals surface area contributed by atoms with Crippen LogP contribution in [0.4, 0.5) is 5.69 Å². The molecule has 21 heavy (non-hydrogen) atoms. The van der Waals surface area contributed by atoms with Crippen LogP contribution in [-0.2, 0) is 10.0 Å². The molecule has 9 heteroatoms. The lowest BCUT2D eigenvalue weighted by molar-refractivity contribution is -0.384. The molecule has 0 saturated carbocycles. The van der Waals surface area contributed by atoms with Crippen molar-refractivity contribution in [3.63, 3.8) is 0 Å². The van der Waals surface area contributed by atoms with Gasteiger partial charge in [0.2, 0.25) is 10.0 Å². The number of halogens is 1. The minimum Gasteiger partial charge on any atom is -0.387 e. The molecular weight excluding hydrogens is 320 g/mol. The molecule has 7 nitrogen and oxygen atoms in total. The number of nitrogens with zero attached hydrogens (tertiary/aromatic N) is 2. The quantitative estimate of drug-likeness (QED) is 0.666. The van der Waals surface area contributed by atoms with E-state index in [0.717, 1.165) is 22.5 Å². The molecule has 116 valence electrons. The minimum atomic E-state index is -3.86. The van der Waals surface area contributed by atoms with E-state index >= 15 is 0 Å². The summed E-state index contributed by atoms with van der Waals surface area (Å²) in [6.45, 7) is 3.59. The van der Waals surface area contributed by atoms with Gasteiger partial charge in [-0.3, -0.25) is 10.1 Å².